The molecule has 0 radical (unpaired) electrons. The summed E-state index contributed by atoms with van der Waals surface area (Å²) < 4.78 is 19.2. The first-order valence-corrected chi connectivity index (χ1v) is 7.29. The van der Waals surface area contributed by atoms with Crippen LogP contribution in [0.3, 0.4) is 0 Å². The molecule has 0 aliphatic carbocycles. The van der Waals surface area contributed by atoms with Crippen LogP contribution in [0, 0.1) is 0 Å². The number of nitrogens with zero attached hydrogens (tertiary/aromatic N) is 1. The molecule has 0 amide bonds. The summed E-state index contributed by atoms with van der Waals surface area (Å²) in [5.41, 5.74) is 0.815. The van der Waals surface area contributed by atoms with Gasteiger partial charge < -0.3 is 10.1 Å². The van der Waals surface area contributed by atoms with Gasteiger partial charge in [0.2, 0.25) is 0 Å². The molecular formula is C16H25FN2O. The van der Waals surface area contributed by atoms with Crippen LogP contribution in [0.4, 0.5) is 4.39 Å². The van der Waals surface area contributed by atoms with Crippen LogP contribution in [-0.4, -0.2) is 43.4 Å². The molecule has 1 fully saturated rings. The zero-order chi connectivity index (χ0) is 14.6. The number of alkyl halides is 1. The number of rotatable bonds is 4. The van der Waals surface area contributed by atoms with E-state index >= 15 is 0 Å². The van der Waals surface area contributed by atoms with Crippen molar-refractivity contribution in [3.05, 3.63) is 29.8 Å². The molecular weight excluding hydrogens is 255 g/mol. The Hall–Kier alpha value is -1.13. The predicted molar refractivity (Wildman–Crippen MR) is 80.0 cm³/mol. The molecule has 1 aromatic carbocycles. The zero-order valence-corrected chi connectivity index (χ0v) is 12.7. The van der Waals surface area contributed by atoms with E-state index in [2.05, 4.69) is 10.2 Å². The Labute approximate surface area is 121 Å². The zero-order valence-electron chi connectivity index (χ0n) is 12.7. The van der Waals surface area contributed by atoms with Crippen molar-refractivity contribution in [1.29, 1.82) is 0 Å². The summed E-state index contributed by atoms with van der Waals surface area (Å²) in [4.78, 5) is 2.20. The lowest BCUT2D eigenvalue weighted by Crippen LogP contribution is -2.45. The molecule has 0 bridgehead atoms. The second kappa shape index (κ2) is 6.55. The van der Waals surface area contributed by atoms with Crippen molar-refractivity contribution >= 4 is 0 Å². The lowest BCUT2D eigenvalue weighted by molar-refractivity contribution is 0.130. The maximum atomic E-state index is 13.4. The Bertz CT molecular complexity index is 407. The first-order valence-electron chi connectivity index (χ1n) is 7.29. The van der Waals surface area contributed by atoms with Gasteiger partial charge in [0.05, 0.1) is 6.04 Å². The Balaban J connectivity index is 2.06. The van der Waals surface area contributed by atoms with Gasteiger partial charge in [0.15, 0.2) is 0 Å². The highest BCUT2D eigenvalue weighted by Gasteiger charge is 2.22. The first kappa shape index (κ1) is 15.3. The third-order valence-electron chi connectivity index (χ3n) is 3.43. The van der Waals surface area contributed by atoms with Crippen molar-refractivity contribution in [3.8, 4) is 5.75 Å². The Morgan fingerprint density at radius 3 is 2.30 bits per heavy atom. The molecule has 0 aromatic heterocycles. The normalized spacial score (nSPS) is 18.8. The van der Waals surface area contributed by atoms with Gasteiger partial charge in [-0.1, -0.05) is 12.1 Å². The smallest absolute Gasteiger partial charge is 0.120 e. The van der Waals surface area contributed by atoms with Crippen LogP contribution in [0.2, 0.25) is 0 Å². The molecule has 1 aliphatic heterocycles. The van der Waals surface area contributed by atoms with Crippen molar-refractivity contribution < 1.29 is 9.13 Å². The highest BCUT2D eigenvalue weighted by molar-refractivity contribution is 5.30. The van der Waals surface area contributed by atoms with Crippen LogP contribution in [0.25, 0.3) is 0 Å². The summed E-state index contributed by atoms with van der Waals surface area (Å²) in [6, 6.07) is 7.69. The van der Waals surface area contributed by atoms with Gasteiger partial charge in [0.1, 0.15) is 18.0 Å². The third-order valence-corrected chi connectivity index (χ3v) is 3.43. The fourth-order valence-corrected chi connectivity index (χ4v) is 2.50. The number of piperazine rings is 1. The van der Waals surface area contributed by atoms with Crippen molar-refractivity contribution in [3.63, 3.8) is 0 Å². The molecule has 2 rings (SSSR count). The third kappa shape index (κ3) is 4.18. The lowest BCUT2D eigenvalue weighted by atomic mass is 10.1. The van der Waals surface area contributed by atoms with E-state index in [1.807, 2.05) is 45.0 Å². The monoisotopic (exact) mass is 280 g/mol. The average molecular weight is 280 g/mol. The van der Waals surface area contributed by atoms with Gasteiger partial charge in [-0.05, 0) is 38.5 Å². The second-order valence-electron chi connectivity index (χ2n) is 6.24. The van der Waals surface area contributed by atoms with E-state index < -0.39 is 0 Å². The minimum atomic E-state index is -0.348. The maximum Gasteiger partial charge on any atom is 0.120 e. The molecule has 1 atom stereocenters. The predicted octanol–water partition coefficient (Wildman–Crippen LogP) is 2.78. The van der Waals surface area contributed by atoms with E-state index in [9.17, 15) is 4.39 Å². The highest BCUT2D eigenvalue weighted by Crippen LogP contribution is 2.25. The van der Waals surface area contributed by atoms with Crippen LogP contribution >= 0.6 is 0 Å². The molecule has 1 N–H and O–H groups in total. The average Bonchev–Trinajstić information content (AvgIpc) is 2.41. The summed E-state index contributed by atoms with van der Waals surface area (Å²) in [5, 5.41) is 3.30. The van der Waals surface area contributed by atoms with E-state index in [0.717, 1.165) is 37.5 Å². The van der Waals surface area contributed by atoms with Crippen LogP contribution in [0.1, 0.15) is 32.4 Å². The number of halogens is 1. The van der Waals surface area contributed by atoms with Gasteiger partial charge in [0.25, 0.3) is 0 Å². The summed E-state index contributed by atoms with van der Waals surface area (Å²) in [5.74, 6) is 0.833. The Morgan fingerprint density at radius 2 is 1.80 bits per heavy atom. The van der Waals surface area contributed by atoms with Gasteiger partial charge >= 0.3 is 0 Å². The van der Waals surface area contributed by atoms with E-state index in [4.69, 9.17) is 4.74 Å². The summed E-state index contributed by atoms with van der Waals surface area (Å²) in [6.07, 6.45) is 0. The molecule has 3 nitrogen and oxygen atoms in total. The standard InChI is InChI=1S/C16H25FN2O/c1-16(2,3)20-14-6-4-13(5-7-14)15(12-17)19-10-8-18-9-11-19/h4-7,15,18H,8-12H2,1-3H3/t15-/m0/s1. The van der Waals surface area contributed by atoms with E-state index in [0.29, 0.717) is 0 Å². The molecule has 0 saturated carbocycles. The molecule has 20 heavy (non-hydrogen) atoms. The van der Waals surface area contributed by atoms with Gasteiger partial charge in [-0.25, -0.2) is 4.39 Å². The minimum absolute atomic E-state index is 0.138. The van der Waals surface area contributed by atoms with Crippen LogP contribution in [0.15, 0.2) is 24.3 Å². The van der Waals surface area contributed by atoms with Crippen molar-refractivity contribution in [2.24, 2.45) is 0 Å². The van der Waals surface area contributed by atoms with Crippen LogP contribution in [0.5, 0.6) is 5.75 Å². The van der Waals surface area contributed by atoms with Crippen molar-refractivity contribution in [2.75, 3.05) is 32.9 Å². The van der Waals surface area contributed by atoms with Crippen LogP contribution in [-0.2, 0) is 0 Å². The second-order valence-corrected chi connectivity index (χ2v) is 6.24. The number of hydrogen-bond donors (Lipinski definition) is 1. The molecule has 112 valence electrons. The van der Waals surface area contributed by atoms with E-state index in [-0.39, 0.29) is 18.3 Å². The molecule has 1 aliphatic rings. The summed E-state index contributed by atoms with van der Waals surface area (Å²) >= 11 is 0. The molecule has 4 heteroatoms. The number of benzene rings is 1. The topological polar surface area (TPSA) is 24.5 Å². The largest absolute Gasteiger partial charge is 0.488 e. The summed E-state index contributed by atoms with van der Waals surface area (Å²) in [6.45, 7) is 9.37. The number of ether oxygens (including phenoxy) is 1. The molecule has 0 unspecified atom stereocenters. The molecule has 1 saturated heterocycles. The molecule has 0 spiro atoms. The minimum Gasteiger partial charge on any atom is -0.488 e. The quantitative estimate of drug-likeness (QED) is 0.918. The molecule has 1 aromatic rings. The van der Waals surface area contributed by atoms with Gasteiger partial charge in [-0.15, -0.1) is 0 Å². The lowest BCUT2D eigenvalue weighted by Gasteiger charge is -2.33. The fourth-order valence-electron chi connectivity index (χ4n) is 2.50. The maximum absolute atomic E-state index is 13.4. The van der Waals surface area contributed by atoms with Gasteiger partial charge in [-0.3, -0.25) is 4.90 Å². The number of hydrogen-bond acceptors (Lipinski definition) is 3. The Kier molecular flexibility index (Phi) is 5.00. The van der Waals surface area contributed by atoms with Gasteiger partial charge in [-0.2, -0.15) is 0 Å². The Morgan fingerprint density at radius 1 is 1.20 bits per heavy atom. The molecule has 1 heterocycles. The SMILES string of the molecule is CC(C)(C)Oc1ccc([C@H](CF)N2CCNCC2)cc1. The summed E-state index contributed by atoms with van der Waals surface area (Å²) in [7, 11) is 0. The van der Waals surface area contributed by atoms with Crippen molar-refractivity contribution in [2.45, 2.75) is 32.4 Å². The van der Waals surface area contributed by atoms with E-state index in [1.54, 1.807) is 0 Å². The van der Waals surface area contributed by atoms with Crippen molar-refractivity contribution in [1.82, 2.24) is 10.2 Å². The van der Waals surface area contributed by atoms with Crippen LogP contribution < -0.4 is 10.1 Å². The fraction of sp³-hybridized carbons (Fsp3) is 0.625. The first-order chi connectivity index (χ1) is 9.49. The highest BCUT2D eigenvalue weighted by atomic mass is 19.1. The van der Waals surface area contributed by atoms with E-state index in [1.165, 1.54) is 0 Å². The number of nitrogens with one attached hydrogen (secondary N) is 1. The van der Waals surface area contributed by atoms with Gasteiger partial charge in [0, 0.05) is 26.2 Å².